The first-order valence-electron chi connectivity index (χ1n) is 6.56. The summed E-state index contributed by atoms with van der Waals surface area (Å²) >= 11 is 5.85. The van der Waals surface area contributed by atoms with Crippen LogP contribution in [-0.4, -0.2) is 11.1 Å². The minimum Gasteiger partial charge on any atom is -0.481 e. The van der Waals surface area contributed by atoms with Gasteiger partial charge in [0, 0.05) is 5.02 Å². The molecule has 0 heterocycles. The average Bonchev–Trinajstić information content (AvgIpc) is 2.34. The molecule has 1 aliphatic rings. The Hall–Kier alpha value is -1.02. The Labute approximate surface area is 113 Å². The predicted octanol–water partition coefficient (Wildman–Crippen LogP) is 4.33. The Morgan fingerprint density at radius 2 is 1.78 bits per heavy atom. The van der Waals surface area contributed by atoms with Crippen molar-refractivity contribution in [2.24, 2.45) is 11.8 Å². The van der Waals surface area contributed by atoms with Crippen LogP contribution in [0.15, 0.2) is 24.3 Å². The zero-order valence-corrected chi connectivity index (χ0v) is 11.4. The lowest BCUT2D eigenvalue weighted by Crippen LogP contribution is -2.25. The van der Waals surface area contributed by atoms with E-state index in [1.165, 1.54) is 0 Å². The first-order valence-corrected chi connectivity index (χ1v) is 6.94. The van der Waals surface area contributed by atoms with E-state index in [-0.39, 0.29) is 11.8 Å². The number of halogens is 1. The smallest absolute Gasteiger partial charge is 0.311 e. The summed E-state index contributed by atoms with van der Waals surface area (Å²) in [6.07, 6.45) is 4.31. The topological polar surface area (TPSA) is 37.3 Å². The van der Waals surface area contributed by atoms with Gasteiger partial charge in [-0.05, 0) is 42.4 Å². The second-order valence-corrected chi connectivity index (χ2v) is 5.82. The number of rotatable bonds is 3. The molecule has 1 N–H and O–H groups in total. The second kappa shape index (κ2) is 5.75. The summed E-state index contributed by atoms with van der Waals surface area (Å²) in [7, 11) is 0. The summed E-state index contributed by atoms with van der Waals surface area (Å²) in [6.45, 7) is 2.24. The van der Waals surface area contributed by atoms with E-state index in [1.807, 2.05) is 12.1 Å². The number of aliphatic carboxylic acids is 1. The lowest BCUT2D eigenvalue weighted by Gasteiger charge is -2.30. The fraction of sp³-hybridized carbons (Fsp3) is 0.533. The van der Waals surface area contributed by atoms with Crippen molar-refractivity contribution in [2.75, 3.05) is 0 Å². The van der Waals surface area contributed by atoms with Gasteiger partial charge in [-0.3, -0.25) is 4.79 Å². The molecule has 1 unspecified atom stereocenters. The van der Waals surface area contributed by atoms with Crippen molar-refractivity contribution in [3.8, 4) is 0 Å². The molecule has 0 bridgehead atoms. The van der Waals surface area contributed by atoms with Crippen molar-refractivity contribution in [1.29, 1.82) is 0 Å². The summed E-state index contributed by atoms with van der Waals surface area (Å²) in [5.41, 5.74) is 0.881. The molecule has 0 radical (unpaired) electrons. The molecule has 1 aromatic carbocycles. The van der Waals surface area contributed by atoms with Crippen molar-refractivity contribution >= 4 is 17.6 Å². The Morgan fingerprint density at radius 1 is 1.22 bits per heavy atom. The molecular weight excluding hydrogens is 248 g/mol. The van der Waals surface area contributed by atoms with Crippen molar-refractivity contribution in [1.82, 2.24) is 0 Å². The van der Waals surface area contributed by atoms with E-state index >= 15 is 0 Å². The molecule has 1 aromatic rings. The van der Waals surface area contributed by atoms with Crippen LogP contribution in [0, 0.1) is 11.8 Å². The monoisotopic (exact) mass is 266 g/mol. The molecule has 0 saturated heterocycles. The Bertz CT molecular complexity index is 405. The van der Waals surface area contributed by atoms with Crippen LogP contribution in [0.3, 0.4) is 0 Å². The van der Waals surface area contributed by atoms with Gasteiger partial charge in [0.15, 0.2) is 0 Å². The van der Waals surface area contributed by atoms with Crippen LogP contribution < -0.4 is 0 Å². The van der Waals surface area contributed by atoms with Gasteiger partial charge in [-0.1, -0.05) is 43.5 Å². The largest absolute Gasteiger partial charge is 0.481 e. The number of carboxylic acids is 1. The number of hydrogen-bond acceptors (Lipinski definition) is 1. The van der Waals surface area contributed by atoms with Gasteiger partial charge in [-0.15, -0.1) is 0 Å². The molecule has 98 valence electrons. The first-order chi connectivity index (χ1) is 8.58. The summed E-state index contributed by atoms with van der Waals surface area (Å²) in [5, 5.41) is 10.1. The maximum absolute atomic E-state index is 11.5. The Morgan fingerprint density at radius 3 is 2.28 bits per heavy atom. The zero-order chi connectivity index (χ0) is 13.1. The molecule has 0 aliphatic heterocycles. The third-order valence-corrected chi connectivity index (χ3v) is 4.28. The van der Waals surface area contributed by atoms with Gasteiger partial charge in [-0.25, -0.2) is 0 Å². The Balaban J connectivity index is 2.18. The number of benzene rings is 1. The highest BCUT2D eigenvalue weighted by Crippen LogP contribution is 2.38. The van der Waals surface area contributed by atoms with E-state index in [0.29, 0.717) is 5.02 Å². The van der Waals surface area contributed by atoms with Gasteiger partial charge in [0.05, 0.1) is 5.92 Å². The average molecular weight is 267 g/mol. The fourth-order valence-electron chi connectivity index (χ4n) is 2.91. The molecule has 2 nitrogen and oxygen atoms in total. The van der Waals surface area contributed by atoms with Crippen molar-refractivity contribution < 1.29 is 9.90 Å². The highest BCUT2D eigenvalue weighted by atomic mass is 35.5. The Kier molecular flexibility index (Phi) is 4.28. The predicted molar refractivity (Wildman–Crippen MR) is 73.0 cm³/mol. The molecule has 3 heteroatoms. The van der Waals surface area contributed by atoms with Gasteiger partial charge in [0.1, 0.15) is 0 Å². The van der Waals surface area contributed by atoms with Gasteiger partial charge < -0.3 is 5.11 Å². The molecule has 2 rings (SSSR count). The van der Waals surface area contributed by atoms with Crippen molar-refractivity contribution in [2.45, 2.75) is 38.5 Å². The maximum atomic E-state index is 11.5. The van der Waals surface area contributed by atoms with Crippen LogP contribution in [0.1, 0.15) is 44.1 Å². The lowest BCUT2D eigenvalue weighted by molar-refractivity contribution is -0.140. The minimum atomic E-state index is -0.711. The normalized spacial score (nSPS) is 25.7. The SMILES string of the molecule is CC1CCC(C(C(=O)O)c2ccc(Cl)cc2)CC1. The molecule has 1 atom stereocenters. The molecular formula is C15H19ClO2. The molecule has 0 aromatic heterocycles. The third kappa shape index (κ3) is 3.05. The van der Waals surface area contributed by atoms with Crippen LogP contribution in [0.5, 0.6) is 0 Å². The number of hydrogen-bond donors (Lipinski definition) is 1. The maximum Gasteiger partial charge on any atom is 0.311 e. The molecule has 1 fully saturated rings. The van der Waals surface area contributed by atoms with Crippen molar-refractivity contribution in [3.63, 3.8) is 0 Å². The fourth-order valence-corrected chi connectivity index (χ4v) is 3.03. The van der Waals surface area contributed by atoms with Crippen LogP contribution in [0.25, 0.3) is 0 Å². The van der Waals surface area contributed by atoms with Gasteiger partial charge in [0.25, 0.3) is 0 Å². The number of carbonyl (C=O) groups is 1. The van der Waals surface area contributed by atoms with E-state index in [0.717, 1.165) is 37.2 Å². The summed E-state index contributed by atoms with van der Waals surface area (Å²) in [6, 6.07) is 7.24. The first kappa shape index (κ1) is 13.4. The van der Waals surface area contributed by atoms with Crippen LogP contribution >= 0.6 is 11.6 Å². The van der Waals surface area contributed by atoms with Gasteiger partial charge in [-0.2, -0.15) is 0 Å². The molecule has 0 amide bonds. The van der Waals surface area contributed by atoms with E-state index < -0.39 is 5.97 Å². The third-order valence-electron chi connectivity index (χ3n) is 4.03. The van der Waals surface area contributed by atoms with Gasteiger partial charge >= 0.3 is 5.97 Å². The molecule has 0 spiro atoms. The van der Waals surface area contributed by atoms with E-state index in [4.69, 9.17) is 11.6 Å². The van der Waals surface area contributed by atoms with Crippen LogP contribution in [-0.2, 0) is 4.79 Å². The van der Waals surface area contributed by atoms with E-state index in [9.17, 15) is 9.90 Å². The highest BCUT2D eigenvalue weighted by Gasteiger charge is 2.32. The van der Waals surface area contributed by atoms with Crippen LogP contribution in [0.2, 0.25) is 5.02 Å². The van der Waals surface area contributed by atoms with Crippen LogP contribution in [0.4, 0.5) is 0 Å². The summed E-state index contributed by atoms with van der Waals surface area (Å²) < 4.78 is 0. The zero-order valence-electron chi connectivity index (χ0n) is 10.6. The molecule has 18 heavy (non-hydrogen) atoms. The van der Waals surface area contributed by atoms with Crippen molar-refractivity contribution in [3.05, 3.63) is 34.9 Å². The summed E-state index contributed by atoms with van der Waals surface area (Å²) in [5.74, 6) is -0.0903. The van der Waals surface area contributed by atoms with E-state index in [1.54, 1.807) is 12.1 Å². The lowest BCUT2D eigenvalue weighted by atomic mass is 9.74. The minimum absolute atomic E-state index is 0.264. The molecule has 1 saturated carbocycles. The standard InChI is InChI=1S/C15H19ClO2/c1-10-2-4-11(5-3-10)14(15(17)18)12-6-8-13(16)9-7-12/h6-11,14H,2-5H2,1H3,(H,17,18). The highest BCUT2D eigenvalue weighted by molar-refractivity contribution is 6.30. The second-order valence-electron chi connectivity index (χ2n) is 5.39. The molecule has 1 aliphatic carbocycles. The summed E-state index contributed by atoms with van der Waals surface area (Å²) in [4.78, 5) is 11.5. The van der Waals surface area contributed by atoms with Gasteiger partial charge in [0.2, 0.25) is 0 Å². The number of carboxylic acid groups (broad SMARTS) is 1. The van der Waals surface area contributed by atoms with E-state index in [2.05, 4.69) is 6.92 Å². The quantitative estimate of drug-likeness (QED) is 0.884.